The van der Waals surface area contributed by atoms with Crippen LogP contribution in [-0.2, 0) is 22.6 Å². The number of carbonyl (C=O) groups is 2. The van der Waals surface area contributed by atoms with Gasteiger partial charge in [-0.25, -0.2) is 4.98 Å². The van der Waals surface area contributed by atoms with Gasteiger partial charge in [-0.3, -0.25) is 9.59 Å². The van der Waals surface area contributed by atoms with Crippen molar-refractivity contribution in [2.45, 2.75) is 32.2 Å². The van der Waals surface area contributed by atoms with Crippen LogP contribution in [0.4, 0.5) is 11.4 Å². The first-order chi connectivity index (χ1) is 16.4. The van der Waals surface area contributed by atoms with Crippen LogP contribution in [0.2, 0.25) is 5.02 Å². The maximum atomic E-state index is 13.5. The third kappa shape index (κ3) is 4.06. The first-order valence-corrected chi connectivity index (χ1v) is 11.7. The second kappa shape index (κ2) is 8.96. The van der Waals surface area contributed by atoms with Gasteiger partial charge in [0.1, 0.15) is 0 Å². The lowest BCUT2D eigenvalue weighted by Gasteiger charge is -2.22. The fourth-order valence-corrected chi connectivity index (χ4v) is 5.13. The molecule has 1 aromatic heterocycles. The van der Waals surface area contributed by atoms with Gasteiger partial charge in [-0.15, -0.1) is 0 Å². The molecule has 0 radical (unpaired) electrons. The molecule has 2 atom stereocenters. The topological polar surface area (TPSA) is 82.2 Å². The number of hydrogen-bond donors (Lipinski definition) is 0. The number of fused-ring (bicyclic) bond motifs is 1. The number of rotatable bonds is 5. The SMILES string of the molecule is CC1CN(C(=O)[C@H]2CC(=O)N(c3cccc(C#N)c3)C2)c2cc(Cl)c(CCn3ccnc3)cc21. The summed E-state index contributed by atoms with van der Waals surface area (Å²) in [7, 11) is 0. The maximum absolute atomic E-state index is 13.5. The zero-order chi connectivity index (χ0) is 23.8. The van der Waals surface area contributed by atoms with E-state index in [4.69, 9.17) is 16.9 Å². The quantitative estimate of drug-likeness (QED) is 0.557. The second-order valence-corrected chi connectivity index (χ2v) is 9.38. The van der Waals surface area contributed by atoms with Crippen LogP contribution >= 0.6 is 11.6 Å². The van der Waals surface area contributed by atoms with E-state index in [1.165, 1.54) is 0 Å². The van der Waals surface area contributed by atoms with Gasteiger partial charge in [-0.1, -0.05) is 30.7 Å². The van der Waals surface area contributed by atoms with Gasteiger partial charge in [0.15, 0.2) is 0 Å². The average molecular weight is 474 g/mol. The molecule has 1 unspecified atom stereocenters. The van der Waals surface area contributed by atoms with E-state index in [0.29, 0.717) is 29.4 Å². The molecule has 0 N–H and O–H groups in total. The van der Waals surface area contributed by atoms with E-state index in [1.807, 2.05) is 16.8 Å². The van der Waals surface area contributed by atoms with Crippen LogP contribution < -0.4 is 9.80 Å². The molecule has 8 heteroatoms. The molecule has 3 heterocycles. The van der Waals surface area contributed by atoms with Gasteiger partial charge in [0.25, 0.3) is 0 Å². The number of carbonyl (C=O) groups excluding carboxylic acids is 2. The largest absolute Gasteiger partial charge is 0.337 e. The van der Waals surface area contributed by atoms with Crippen molar-refractivity contribution >= 4 is 34.8 Å². The highest BCUT2D eigenvalue weighted by Crippen LogP contribution is 2.41. The van der Waals surface area contributed by atoms with E-state index in [-0.39, 0.29) is 24.2 Å². The molecule has 2 aliphatic heterocycles. The summed E-state index contributed by atoms with van der Waals surface area (Å²) in [6, 6.07) is 13.0. The number of nitriles is 1. The molecule has 0 spiro atoms. The number of imidazole rings is 1. The lowest BCUT2D eigenvalue weighted by molar-refractivity contribution is -0.124. The lowest BCUT2D eigenvalue weighted by Crippen LogP contribution is -2.36. The highest BCUT2D eigenvalue weighted by molar-refractivity contribution is 6.31. The summed E-state index contributed by atoms with van der Waals surface area (Å²) >= 11 is 6.63. The first-order valence-electron chi connectivity index (χ1n) is 11.3. The molecular weight excluding hydrogens is 450 g/mol. The summed E-state index contributed by atoms with van der Waals surface area (Å²) in [6.07, 6.45) is 6.40. The summed E-state index contributed by atoms with van der Waals surface area (Å²) in [5, 5.41) is 9.81. The molecule has 7 nitrogen and oxygen atoms in total. The number of nitrogens with zero attached hydrogens (tertiary/aromatic N) is 5. The number of halogens is 1. The van der Waals surface area contributed by atoms with Gasteiger partial charge >= 0.3 is 0 Å². The summed E-state index contributed by atoms with van der Waals surface area (Å²) in [5.41, 5.74) is 4.14. The minimum atomic E-state index is -0.434. The normalized spacial score (nSPS) is 19.4. The fraction of sp³-hybridized carbons (Fsp3) is 0.308. The zero-order valence-electron chi connectivity index (χ0n) is 18.8. The Labute approximate surface area is 203 Å². The van der Waals surface area contributed by atoms with E-state index in [0.717, 1.165) is 29.8 Å². The van der Waals surface area contributed by atoms with E-state index in [9.17, 15) is 9.59 Å². The Morgan fingerprint density at radius 1 is 1.26 bits per heavy atom. The highest BCUT2D eigenvalue weighted by Gasteiger charge is 2.40. The third-order valence-electron chi connectivity index (χ3n) is 6.70. The molecule has 1 fully saturated rings. The van der Waals surface area contributed by atoms with Crippen molar-refractivity contribution in [1.29, 1.82) is 5.26 Å². The molecule has 0 bridgehead atoms. The Morgan fingerprint density at radius 2 is 2.12 bits per heavy atom. The van der Waals surface area contributed by atoms with E-state index < -0.39 is 5.92 Å². The Hall–Kier alpha value is -3.63. The minimum Gasteiger partial charge on any atom is -0.337 e. The van der Waals surface area contributed by atoms with Crippen molar-refractivity contribution in [1.82, 2.24) is 9.55 Å². The van der Waals surface area contributed by atoms with Crippen LogP contribution in [0.3, 0.4) is 0 Å². The van der Waals surface area contributed by atoms with Crippen LogP contribution in [0.1, 0.15) is 36.0 Å². The lowest BCUT2D eigenvalue weighted by atomic mass is 9.99. The molecule has 0 aliphatic carbocycles. The molecule has 1 saturated heterocycles. The second-order valence-electron chi connectivity index (χ2n) is 8.97. The van der Waals surface area contributed by atoms with Crippen LogP contribution in [-0.4, -0.2) is 34.5 Å². The maximum Gasteiger partial charge on any atom is 0.232 e. The van der Waals surface area contributed by atoms with Gasteiger partial charge in [-0.05, 0) is 41.8 Å². The molecule has 2 amide bonds. The third-order valence-corrected chi connectivity index (χ3v) is 7.05. The fourth-order valence-electron chi connectivity index (χ4n) is 4.88. The molecule has 3 aromatic rings. The summed E-state index contributed by atoms with van der Waals surface area (Å²) in [6.45, 7) is 3.77. The van der Waals surface area contributed by atoms with Gasteiger partial charge in [0.2, 0.25) is 11.8 Å². The Kier molecular flexibility index (Phi) is 5.84. The van der Waals surface area contributed by atoms with Crippen molar-refractivity contribution in [3.05, 3.63) is 76.8 Å². The van der Waals surface area contributed by atoms with Crippen molar-refractivity contribution in [2.24, 2.45) is 5.92 Å². The monoisotopic (exact) mass is 473 g/mol. The summed E-state index contributed by atoms with van der Waals surface area (Å²) in [4.78, 5) is 33.7. The van der Waals surface area contributed by atoms with Crippen molar-refractivity contribution in [3.8, 4) is 6.07 Å². The smallest absolute Gasteiger partial charge is 0.232 e. The van der Waals surface area contributed by atoms with Gasteiger partial charge in [-0.2, -0.15) is 5.26 Å². The van der Waals surface area contributed by atoms with E-state index >= 15 is 0 Å². The standard InChI is InChI=1S/C26H24ClN5O2/c1-17-14-32(24-12-23(27)19(10-22(17)24)5-7-30-8-6-29-16-30)26(34)20-11-25(33)31(15-20)21-4-2-3-18(9-21)13-28/h2-4,6,8-10,12,16-17,20H,5,7,11,14-15H2,1H3/t17?,20-/m0/s1. The predicted octanol–water partition coefficient (Wildman–Crippen LogP) is 4.15. The van der Waals surface area contributed by atoms with Crippen LogP contribution in [0.5, 0.6) is 0 Å². The molecule has 2 aliphatic rings. The van der Waals surface area contributed by atoms with E-state index in [1.54, 1.807) is 46.6 Å². The van der Waals surface area contributed by atoms with Crippen LogP contribution in [0.15, 0.2) is 55.1 Å². The van der Waals surface area contributed by atoms with Crippen LogP contribution in [0.25, 0.3) is 0 Å². The first kappa shape index (κ1) is 22.2. The number of aromatic nitrogens is 2. The Balaban J connectivity index is 1.34. The molecule has 2 aromatic carbocycles. The number of hydrogen-bond acceptors (Lipinski definition) is 4. The van der Waals surface area contributed by atoms with Crippen molar-refractivity contribution in [2.75, 3.05) is 22.9 Å². The Morgan fingerprint density at radius 3 is 2.88 bits per heavy atom. The predicted molar refractivity (Wildman–Crippen MR) is 130 cm³/mol. The summed E-state index contributed by atoms with van der Waals surface area (Å²) in [5.74, 6) is -0.409. The van der Waals surface area contributed by atoms with Gasteiger partial charge in [0.05, 0.1) is 23.9 Å². The van der Waals surface area contributed by atoms with E-state index in [2.05, 4.69) is 24.0 Å². The number of benzene rings is 2. The zero-order valence-corrected chi connectivity index (χ0v) is 19.6. The highest BCUT2D eigenvalue weighted by atomic mass is 35.5. The minimum absolute atomic E-state index is 0.0554. The number of amides is 2. The molecule has 34 heavy (non-hydrogen) atoms. The number of anilines is 2. The summed E-state index contributed by atoms with van der Waals surface area (Å²) < 4.78 is 2.01. The van der Waals surface area contributed by atoms with Gasteiger partial charge < -0.3 is 14.4 Å². The Bertz CT molecular complexity index is 1300. The molecule has 5 rings (SSSR count). The van der Waals surface area contributed by atoms with Crippen molar-refractivity contribution < 1.29 is 9.59 Å². The molecular formula is C26H24ClN5O2. The molecule has 172 valence electrons. The van der Waals surface area contributed by atoms with Crippen LogP contribution in [0, 0.1) is 17.2 Å². The average Bonchev–Trinajstić information content (AvgIpc) is 3.57. The number of aryl methyl sites for hydroxylation is 2. The van der Waals surface area contributed by atoms with Crippen molar-refractivity contribution in [3.63, 3.8) is 0 Å². The molecule has 0 saturated carbocycles. The van der Waals surface area contributed by atoms with Gasteiger partial charge in [0, 0.05) is 60.8 Å².